The van der Waals surface area contributed by atoms with Crippen molar-refractivity contribution in [1.29, 1.82) is 5.41 Å². The molecule has 2 N–H and O–H groups in total. The van der Waals surface area contributed by atoms with Crippen molar-refractivity contribution < 1.29 is 5.11 Å². The van der Waals surface area contributed by atoms with Crippen molar-refractivity contribution in [2.75, 3.05) is 0 Å². The molecule has 0 spiro atoms. The van der Waals surface area contributed by atoms with Crippen molar-refractivity contribution in [1.82, 2.24) is 0 Å². The maximum Gasteiger partial charge on any atom is 0.113 e. The molecule has 0 rings (SSSR count). The van der Waals surface area contributed by atoms with Gasteiger partial charge in [0, 0.05) is 0 Å². The Morgan fingerprint density at radius 3 is 2.33 bits per heavy atom. The van der Waals surface area contributed by atoms with E-state index in [4.69, 9.17) is 5.41 Å². The van der Waals surface area contributed by atoms with Gasteiger partial charge in [-0.15, -0.1) is 0 Å². The van der Waals surface area contributed by atoms with Gasteiger partial charge in [-0.3, -0.25) is 5.41 Å². The lowest BCUT2D eigenvalue weighted by molar-refractivity contribution is 0.155. The predicted molar refractivity (Wildman–Crippen MR) is 41.9 cm³/mol. The summed E-state index contributed by atoms with van der Waals surface area (Å²) in [5.74, 6) is 0. The minimum absolute atomic E-state index is 0.460. The van der Waals surface area contributed by atoms with Crippen molar-refractivity contribution in [2.24, 2.45) is 0 Å². The molecule has 0 aliphatic carbocycles. The Morgan fingerprint density at radius 2 is 2.22 bits per heavy atom. The van der Waals surface area contributed by atoms with Crippen LogP contribution in [0.15, 0.2) is 0 Å². The van der Waals surface area contributed by atoms with Gasteiger partial charge in [-0.25, -0.2) is 0 Å². The highest BCUT2D eigenvalue weighted by Crippen LogP contribution is 2.25. The Bertz CT molecular complexity index is 112. The molecule has 0 radical (unpaired) electrons. The first-order chi connectivity index (χ1) is 3.98. The van der Waals surface area contributed by atoms with Crippen LogP contribution in [0.3, 0.4) is 0 Å². The van der Waals surface area contributed by atoms with Gasteiger partial charge < -0.3 is 5.11 Å². The number of nitrogens with one attached hydrogen (secondary N) is 1. The highest BCUT2D eigenvalue weighted by Gasteiger charge is 2.18. The van der Waals surface area contributed by atoms with Crippen LogP contribution in [0.1, 0.15) is 27.2 Å². The van der Waals surface area contributed by atoms with E-state index in [1.54, 1.807) is 13.8 Å². The minimum Gasteiger partial charge on any atom is -0.379 e. The van der Waals surface area contributed by atoms with Crippen LogP contribution in [-0.4, -0.2) is 15.1 Å². The monoisotopic (exact) mass is 147 g/mol. The minimum atomic E-state index is -0.744. The van der Waals surface area contributed by atoms with E-state index in [2.05, 4.69) is 0 Å². The molecule has 0 aromatic carbocycles. The Morgan fingerprint density at radius 1 is 1.78 bits per heavy atom. The van der Waals surface area contributed by atoms with Crippen molar-refractivity contribution in [2.45, 2.75) is 32.1 Å². The summed E-state index contributed by atoms with van der Waals surface area (Å²) in [4.78, 5) is -0.744. The lowest BCUT2D eigenvalue weighted by Gasteiger charge is -2.18. The molecule has 54 valence electrons. The van der Waals surface area contributed by atoms with E-state index < -0.39 is 4.93 Å². The third-order valence-corrected chi connectivity index (χ3v) is 2.06. The van der Waals surface area contributed by atoms with Crippen molar-refractivity contribution >= 4 is 16.8 Å². The molecule has 0 heterocycles. The van der Waals surface area contributed by atoms with Crippen LogP contribution in [0.25, 0.3) is 0 Å². The van der Waals surface area contributed by atoms with Crippen molar-refractivity contribution in [3.05, 3.63) is 0 Å². The van der Waals surface area contributed by atoms with Gasteiger partial charge in [-0.2, -0.15) is 0 Å². The Labute approximate surface area is 60.2 Å². The number of thioether (sulfide) groups is 1. The van der Waals surface area contributed by atoms with E-state index >= 15 is 0 Å². The molecule has 0 aliphatic heterocycles. The van der Waals surface area contributed by atoms with Gasteiger partial charge in [0.1, 0.15) is 4.93 Å². The summed E-state index contributed by atoms with van der Waals surface area (Å²) < 4.78 is 0. The van der Waals surface area contributed by atoms with E-state index in [1.807, 2.05) is 6.92 Å². The predicted octanol–water partition coefficient (Wildman–Crippen LogP) is 1.84. The molecule has 0 aliphatic rings. The molecule has 0 amide bonds. The molecular formula is C6H13NOS. The molecular weight excluding hydrogens is 134 g/mol. The zero-order valence-corrected chi connectivity index (χ0v) is 6.88. The summed E-state index contributed by atoms with van der Waals surface area (Å²) in [6.45, 7) is 5.29. The lowest BCUT2D eigenvalue weighted by Crippen LogP contribution is -2.18. The summed E-state index contributed by atoms with van der Waals surface area (Å²) in [5, 5.41) is 16.8. The highest BCUT2D eigenvalue weighted by molar-refractivity contribution is 8.14. The first-order valence-corrected chi connectivity index (χ1v) is 3.76. The maximum absolute atomic E-state index is 9.32. The summed E-state index contributed by atoms with van der Waals surface area (Å²) in [6, 6.07) is 0. The number of hydrogen-bond donors (Lipinski definition) is 2. The summed E-state index contributed by atoms with van der Waals surface area (Å²) in [6.07, 6.45) is 0.674. The molecule has 0 saturated heterocycles. The molecule has 3 heteroatoms. The molecule has 0 aromatic heterocycles. The Kier molecular flexibility index (Phi) is 3.22. The molecule has 9 heavy (non-hydrogen) atoms. The first-order valence-electron chi connectivity index (χ1n) is 2.94. The van der Waals surface area contributed by atoms with Crippen LogP contribution in [0.4, 0.5) is 0 Å². The normalized spacial score (nSPS) is 16.9. The van der Waals surface area contributed by atoms with Crippen LogP contribution in [0.5, 0.6) is 0 Å². The van der Waals surface area contributed by atoms with Crippen molar-refractivity contribution in [3.8, 4) is 0 Å². The average molecular weight is 147 g/mol. The third-order valence-electron chi connectivity index (χ3n) is 1.03. The molecule has 1 unspecified atom stereocenters. The highest BCUT2D eigenvalue weighted by atomic mass is 32.2. The lowest BCUT2D eigenvalue weighted by atomic mass is 10.3. The van der Waals surface area contributed by atoms with Crippen molar-refractivity contribution in [3.63, 3.8) is 0 Å². The standard InChI is InChI=1S/C6H13NOS/c1-4-6(3,8)9-5(2)7/h7-8H,4H2,1-3H3. The van der Waals surface area contributed by atoms with E-state index in [0.29, 0.717) is 11.5 Å². The molecule has 1 atom stereocenters. The second kappa shape index (κ2) is 3.22. The van der Waals surface area contributed by atoms with Gasteiger partial charge in [0.25, 0.3) is 0 Å². The molecule has 0 bridgehead atoms. The molecule has 0 aromatic rings. The average Bonchev–Trinajstić information content (AvgIpc) is 1.63. The van der Waals surface area contributed by atoms with Gasteiger partial charge in [0.2, 0.25) is 0 Å². The van der Waals surface area contributed by atoms with E-state index in [1.165, 1.54) is 11.8 Å². The van der Waals surface area contributed by atoms with Crippen LogP contribution in [0, 0.1) is 5.41 Å². The fourth-order valence-corrected chi connectivity index (χ4v) is 1.21. The van der Waals surface area contributed by atoms with Gasteiger partial charge >= 0.3 is 0 Å². The van der Waals surface area contributed by atoms with Gasteiger partial charge in [0.05, 0.1) is 5.04 Å². The second-order valence-corrected chi connectivity index (χ2v) is 3.88. The van der Waals surface area contributed by atoms with E-state index in [9.17, 15) is 5.11 Å². The van der Waals surface area contributed by atoms with Crippen LogP contribution in [0.2, 0.25) is 0 Å². The van der Waals surface area contributed by atoms with Gasteiger partial charge in [-0.1, -0.05) is 18.7 Å². The van der Waals surface area contributed by atoms with Gasteiger partial charge in [-0.05, 0) is 20.3 Å². The smallest absolute Gasteiger partial charge is 0.113 e. The molecule has 0 saturated carbocycles. The summed E-state index contributed by atoms with van der Waals surface area (Å²) in [7, 11) is 0. The van der Waals surface area contributed by atoms with Crippen LogP contribution in [-0.2, 0) is 0 Å². The topological polar surface area (TPSA) is 44.1 Å². The molecule has 2 nitrogen and oxygen atoms in total. The Hall–Kier alpha value is -0.0200. The van der Waals surface area contributed by atoms with E-state index in [0.717, 1.165) is 0 Å². The maximum atomic E-state index is 9.32. The quantitative estimate of drug-likeness (QED) is 0.355. The first kappa shape index (κ1) is 8.98. The van der Waals surface area contributed by atoms with Gasteiger partial charge in [0.15, 0.2) is 0 Å². The fourth-order valence-electron chi connectivity index (χ4n) is 0.402. The SMILES string of the molecule is CCC(C)(O)SC(C)=N. The second-order valence-electron chi connectivity index (χ2n) is 2.19. The molecule has 0 fully saturated rings. The summed E-state index contributed by atoms with van der Waals surface area (Å²) >= 11 is 1.20. The zero-order chi connectivity index (χ0) is 7.49. The third kappa shape index (κ3) is 4.48. The zero-order valence-electron chi connectivity index (χ0n) is 6.06. The summed E-state index contributed by atoms with van der Waals surface area (Å²) in [5.41, 5.74) is 0. The fraction of sp³-hybridized carbons (Fsp3) is 0.833. The number of aliphatic hydroxyl groups is 1. The largest absolute Gasteiger partial charge is 0.379 e. The van der Waals surface area contributed by atoms with Crippen LogP contribution >= 0.6 is 11.8 Å². The number of rotatable bonds is 2. The number of hydrogen-bond acceptors (Lipinski definition) is 3. The Balaban J connectivity index is 3.71. The van der Waals surface area contributed by atoms with E-state index in [-0.39, 0.29) is 0 Å². The van der Waals surface area contributed by atoms with Crippen LogP contribution < -0.4 is 0 Å².